The molecule has 0 saturated heterocycles. The summed E-state index contributed by atoms with van der Waals surface area (Å²) in [5, 5.41) is 1.55. The summed E-state index contributed by atoms with van der Waals surface area (Å²) in [4.78, 5) is -0.0144. The molecule has 0 fully saturated rings. The van der Waals surface area contributed by atoms with Gasteiger partial charge < -0.3 is 0 Å². The Labute approximate surface area is 120 Å². The minimum Gasteiger partial charge on any atom is -0.282 e. The Morgan fingerprint density at radius 2 is 1.45 bits per heavy atom. The van der Waals surface area contributed by atoms with Crippen LogP contribution in [0.4, 0.5) is 0 Å². The summed E-state index contributed by atoms with van der Waals surface area (Å²) in [6, 6.07) is 8.93. The standard InChI is InChI=1S/C16H20O3S/c1-10(2)12-6-5-7-14-15(20(17,18)19)9-8-13(11(3)4)16(12)14/h5-11H,1-4H3,(H,17,18,19). The van der Waals surface area contributed by atoms with Crippen molar-refractivity contribution in [1.82, 2.24) is 0 Å². The van der Waals surface area contributed by atoms with E-state index in [0.717, 1.165) is 16.5 Å². The summed E-state index contributed by atoms with van der Waals surface area (Å²) in [7, 11) is -4.21. The van der Waals surface area contributed by atoms with E-state index in [0.29, 0.717) is 5.39 Å². The highest BCUT2D eigenvalue weighted by Gasteiger charge is 2.19. The lowest BCUT2D eigenvalue weighted by Crippen LogP contribution is -2.03. The van der Waals surface area contributed by atoms with Crippen molar-refractivity contribution in [3.63, 3.8) is 0 Å². The summed E-state index contributed by atoms with van der Waals surface area (Å²) in [6.45, 7) is 8.33. The second-order valence-corrected chi connectivity index (χ2v) is 7.10. The Morgan fingerprint density at radius 3 is 1.95 bits per heavy atom. The van der Waals surface area contributed by atoms with Crippen LogP contribution < -0.4 is 0 Å². The van der Waals surface area contributed by atoms with Gasteiger partial charge in [0, 0.05) is 5.39 Å². The lowest BCUT2D eigenvalue weighted by atomic mass is 9.89. The Morgan fingerprint density at radius 1 is 0.900 bits per heavy atom. The molecule has 4 heteroatoms. The van der Waals surface area contributed by atoms with Crippen molar-refractivity contribution in [2.75, 3.05) is 0 Å². The van der Waals surface area contributed by atoms with Gasteiger partial charge in [-0.1, -0.05) is 52.0 Å². The highest BCUT2D eigenvalue weighted by Crippen LogP contribution is 2.35. The van der Waals surface area contributed by atoms with E-state index in [1.807, 2.05) is 18.2 Å². The van der Waals surface area contributed by atoms with Crippen LogP contribution in [-0.4, -0.2) is 13.0 Å². The lowest BCUT2D eigenvalue weighted by molar-refractivity contribution is 0.484. The van der Waals surface area contributed by atoms with E-state index in [1.165, 1.54) is 6.07 Å². The Hall–Kier alpha value is -1.39. The molecule has 0 spiro atoms. The maximum atomic E-state index is 11.6. The lowest BCUT2D eigenvalue weighted by Gasteiger charge is -2.18. The number of benzene rings is 2. The molecule has 0 unspecified atom stereocenters. The summed E-state index contributed by atoms with van der Waals surface area (Å²) >= 11 is 0. The fourth-order valence-electron chi connectivity index (χ4n) is 2.62. The molecule has 0 amide bonds. The maximum Gasteiger partial charge on any atom is 0.295 e. The topological polar surface area (TPSA) is 54.4 Å². The average Bonchev–Trinajstić information content (AvgIpc) is 2.34. The van der Waals surface area contributed by atoms with Crippen LogP contribution in [0.25, 0.3) is 10.8 Å². The first-order valence-electron chi connectivity index (χ1n) is 6.76. The molecular formula is C16H20O3S. The predicted molar refractivity (Wildman–Crippen MR) is 81.9 cm³/mol. The van der Waals surface area contributed by atoms with E-state index >= 15 is 0 Å². The molecule has 0 atom stereocenters. The molecule has 0 radical (unpaired) electrons. The van der Waals surface area contributed by atoms with Crippen LogP contribution in [0.5, 0.6) is 0 Å². The average molecular weight is 292 g/mol. The molecule has 0 saturated carbocycles. The van der Waals surface area contributed by atoms with Crippen LogP contribution in [0.15, 0.2) is 35.2 Å². The fraction of sp³-hybridized carbons (Fsp3) is 0.375. The highest BCUT2D eigenvalue weighted by atomic mass is 32.2. The van der Waals surface area contributed by atoms with Crippen LogP contribution in [0.3, 0.4) is 0 Å². The molecule has 0 aromatic heterocycles. The quantitative estimate of drug-likeness (QED) is 0.856. The number of rotatable bonds is 3. The molecule has 0 aliphatic rings. The molecule has 20 heavy (non-hydrogen) atoms. The van der Waals surface area contributed by atoms with Crippen molar-refractivity contribution >= 4 is 20.9 Å². The van der Waals surface area contributed by atoms with Crippen molar-refractivity contribution in [2.24, 2.45) is 0 Å². The monoisotopic (exact) mass is 292 g/mol. The van der Waals surface area contributed by atoms with E-state index in [4.69, 9.17) is 0 Å². The molecule has 1 N–H and O–H groups in total. The number of fused-ring (bicyclic) bond motifs is 1. The van der Waals surface area contributed by atoms with Gasteiger partial charge >= 0.3 is 0 Å². The summed E-state index contributed by atoms with van der Waals surface area (Å²) in [5.74, 6) is 0.570. The molecule has 2 rings (SSSR count). The van der Waals surface area contributed by atoms with Crippen LogP contribution in [0, 0.1) is 0 Å². The van der Waals surface area contributed by atoms with Gasteiger partial charge in [-0.3, -0.25) is 4.55 Å². The Bertz CT molecular complexity index is 729. The van der Waals surface area contributed by atoms with Gasteiger partial charge in [0.25, 0.3) is 10.1 Å². The van der Waals surface area contributed by atoms with Gasteiger partial charge in [-0.05, 0) is 34.4 Å². The minimum absolute atomic E-state index is 0.0144. The minimum atomic E-state index is -4.21. The Kier molecular flexibility index (Phi) is 3.89. The van der Waals surface area contributed by atoms with E-state index in [1.54, 1.807) is 6.07 Å². The van der Waals surface area contributed by atoms with Crippen molar-refractivity contribution in [3.8, 4) is 0 Å². The third-order valence-corrected chi connectivity index (χ3v) is 4.50. The van der Waals surface area contributed by atoms with Gasteiger partial charge in [0.05, 0.1) is 0 Å². The third kappa shape index (κ3) is 2.58. The molecular weight excluding hydrogens is 272 g/mol. The zero-order valence-electron chi connectivity index (χ0n) is 12.2. The summed E-state index contributed by atoms with van der Waals surface area (Å²) < 4.78 is 32.5. The van der Waals surface area contributed by atoms with Crippen LogP contribution in [0.1, 0.15) is 50.7 Å². The van der Waals surface area contributed by atoms with Gasteiger partial charge in [0.1, 0.15) is 4.90 Å². The first kappa shape index (κ1) is 15.0. The third-order valence-electron chi connectivity index (χ3n) is 3.59. The van der Waals surface area contributed by atoms with E-state index in [-0.39, 0.29) is 16.7 Å². The van der Waals surface area contributed by atoms with E-state index in [2.05, 4.69) is 27.7 Å². The predicted octanol–water partition coefficient (Wildman–Crippen LogP) is 4.33. The van der Waals surface area contributed by atoms with Gasteiger partial charge in [-0.2, -0.15) is 8.42 Å². The summed E-state index contributed by atoms with van der Waals surface area (Å²) in [6.07, 6.45) is 0. The molecule has 0 heterocycles. The number of hydrogen-bond acceptors (Lipinski definition) is 2. The molecule has 3 nitrogen and oxygen atoms in total. The SMILES string of the molecule is CC(C)c1cccc2c(S(=O)(=O)O)ccc(C(C)C)c12. The van der Waals surface area contributed by atoms with Crippen molar-refractivity contribution in [2.45, 2.75) is 44.4 Å². The maximum absolute atomic E-state index is 11.6. The van der Waals surface area contributed by atoms with Crippen LogP contribution in [-0.2, 0) is 10.1 Å². The largest absolute Gasteiger partial charge is 0.295 e. The molecule has 0 aliphatic carbocycles. The van der Waals surface area contributed by atoms with Crippen LogP contribution in [0.2, 0.25) is 0 Å². The van der Waals surface area contributed by atoms with Gasteiger partial charge in [0.15, 0.2) is 0 Å². The summed E-state index contributed by atoms with van der Waals surface area (Å²) in [5.41, 5.74) is 2.22. The van der Waals surface area contributed by atoms with Crippen molar-refractivity contribution in [1.29, 1.82) is 0 Å². The second kappa shape index (κ2) is 5.19. The smallest absolute Gasteiger partial charge is 0.282 e. The first-order chi connectivity index (χ1) is 9.23. The van der Waals surface area contributed by atoms with E-state index in [9.17, 15) is 13.0 Å². The van der Waals surface area contributed by atoms with Crippen LogP contribution >= 0.6 is 0 Å². The molecule has 2 aromatic carbocycles. The second-order valence-electron chi connectivity index (χ2n) is 5.71. The van der Waals surface area contributed by atoms with E-state index < -0.39 is 10.1 Å². The first-order valence-corrected chi connectivity index (χ1v) is 8.20. The molecule has 0 bridgehead atoms. The normalized spacial score (nSPS) is 12.6. The van der Waals surface area contributed by atoms with Gasteiger partial charge in [-0.25, -0.2) is 0 Å². The molecule has 0 aliphatic heterocycles. The van der Waals surface area contributed by atoms with Gasteiger partial charge in [0.2, 0.25) is 0 Å². The van der Waals surface area contributed by atoms with Gasteiger partial charge in [-0.15, -0.1) is 0 Å². The fourth-order valence-corrected chi connectivity index (χ4v) is 3.31. The Balaban J connectivity index is 3.00. The molecule has 108 valence electrons. The number of hydrogen-bond donors (Lipinski definition) is 1. The zero-order valence-corrected chi connectivity index (χ0v) is 13.0. The van der Waals surface area contributed by atoms with Crippen molar-refractivity contribution < 1.29 is 13.0 Å². The molecule has 2 aromatic rings. The highest BCUT2D eigenvalue weighted by molar-refractivity contribution is 7.86. The zero-order chi connectivity index (χ0) is 15.1. The van der Waals surface area contributed by atoms with Crippen molar-refractivity contribution in [3.05, 3.63) is 41.5 Å².